The topological polar surface area (TPSA) is 55.4 Å². The zero-order valence-corrected chi connectivity index (χ0v) is 13.4. The normalized spacial score (nSPS) is 12.4. The summed E-state index contributed by atoms with van der Waals surface area (Å²) in [5, 5.41) is 2.88. The van der Waals surface area contributed by atoms with Gasteiger partial charge in [0.05, 0.1) is 6.42 Å². The van der Waals surface area contributed by atoms with Crippen molar-refractivity contribution in [1.29, 1.82) is 0 Å². The molecule has 1 N–H and O–H groups in total. The van der Waals surface area contributed by atoms with Crippen LogP contribution in [0.2, 0.25) is 0 Å². The van der Waals surface area contributed by atoms with Crippen LogP contribution in [-0.2, 0) is 14.3 Å². The Hall–Kier alpha value is -1.06. The number of esters is 1. The van der Waals surface area contributed by atoms with Crippen LogP contribution in [0.1, 0.15) is 61.3 Å². The molecule has 0 saturated carbocycles. The van der Waals surface area contributed by atoms with Gasteiger partial charge in [-0.1, -0.05) is 27.7 Å². The van der Waals surface area contributed by atoms with Crippen LogP contribution in [0.5, 0.6) is 0 Å². The van der Waals surface area contributed by atoms with E-state index >= 15 is 0 Å². The number of hydrogen-bond acceptors (Lipinski definition) is 3. The Morgan fingerprint density at radius 1 is 1.05 bits per heavy atom. The molecule has 4 heteroatoms. The van der Waals surface area contributed by atoms with Gasteiger partial charge in [0, 0.05) is 13.0 Å². The van der Waals surface area contributed by atoms with E-state index in [9.17, 15) is 9.59 Å². The minimum absolute atomic E-state index is 0.0571. The van der Waals surface area contributed by atoms with Gasteiger partial charge in [-0.3, -0.25) is 9.59 Å². The van der Waals surface area contributed by atoms with E-state index in [4.69, 9.17) is 4.74 Å². The van der Waals surface area contributed by atoms with Crippen molar-refractivity contribution in [2.24, 2.45) is 11.3 Å². The number of carbonyl (C=O) groups is 2. The molecule has 0 heterocycles. The molecule has 0 radical (unpaired) electrons. The summed E-state index contributed by atoms with van der Waals surface area (Å²) in [5.41, 5.74) is -0.436. The Kier molecular flexibility index (Phi) is 6.53. The molecule has 0 saturated heterocycles. The van der Waals surface area contributed by atoms with Gasteiger partial charge in [0.1, 0.15) is 5.60 Å². The lowest BCUT2D eigenvalue weighted by molar-refractivity contribution is -0.155. The second-order valence-corrected chi connectivity index (χ2v) is 7.01. The maximum atomic E-state index is 11.7. The van der Waals surface area contributed by atoms with Crippen molar-refractivity contribution in [3.63, 3.8) is 0 Å². The predicted molar refractivity (Wildman–Crippen MR) is 76.7 cm³/mol. The van der Waals surface area contributed by atoms with Gasteiger partial charge in [-0.25, -0.2) is 0 Å². The molecule has 0 bridgehead atoms. The molecule has 19 heavy (non-hydrogen) atoms. The largest absolute Gasteiger partial charge is 0.460 e. The first-order valence-corrected chi connectivity index (χ1v) is 6.92. The number of amides is 1. The van der Waals surface area contributed by atoms with Crippen LogP contribution >= 0.6 is 0 Å². The van der Waals surface area contributed by atoms with E-state index in [0.717, 1.165) is 0 Å². The van der Waals surface area contributed by atoms with Crippen molar-refractivity contribution in [2.45, 2.75) is 66.9 Å². The first kappa shape index (κ1) is 17.9. The lowest BCUT2D eigenvalue weighted by Crippen LogP contribution is -2.37. The summed E-state index contributed by atoms with van der Waals surface area (Å²) >= 11 is 0. The SMILES string of the molecule is CC(C)C(C)(C)CNC(=O)CCC(=O)OC(C)(C)C. The molecule has 0 aliphatic rings. The highest BCUT2D eigenvalue weighted by molar-refractivity contribution is 5.81. The van der Waals surface area contributed by atoms with Crippen molar-refractivity contribution in [3.8, 4) is 0 Å². The highest BCUT2D eigenvalue weighted by atomic mass is 16.6. The van der Waals surface area contributed by atoms with Crippen LogP contribution in [-0.4, -0.2) is 24.0 Å². The molecule has 1 amide bonds. The van der Waals surface area contributed by atoms with Crippen LogP contribution in [0, 0.1) is 11.3 Å². The molecule has 0 atom stereocenters. The van der Waals surface area contributed by atoms with E-state index in [-0.39, 0.29) is 30.1 Å². The minimum atomic E-state index is -0.493. The van der Waals surface area contributed by atoms with E-state index in [2.05, 4.69) is 33.0 Å². The van der Waals surface area contributed by atoms with Crippen molar-refractivity contribution in [2.75, 3.05) is 6.54 Å². The second kappa shape index (κ2) is 6.92. The summed E-state index contributed by atoms with van der Waals surface area (Å²) < 4.78 is 5.15. The quantitative estimate of drug-likeness (QED) is 0.756. The first-order valence-electron chi connectivity index (χ1n) is 6.92. The Bertz CT molecular complexity index is 314. The lowest BCUT2D eigenvalue weighted by Gasteiger charge is -2.29. The smallest absolute Gasteiger partial charge is 0.306 e. The predicted octanol–water partition coefficient (Wildman–Crippen LogP) is 2.91. The molecule has 0 rings (SSSR count). The molecule has 0 aromatic heterocycles. The maximum Gasteiger partial charge on any atom is 0.306 e. The van der Waals surface area contributed by atoms with Crippen molar-refractivity contribution in [3.05, 3.63) is 0 Å². The molecule has 112 valence electrons. The number of hydrogen-bond donors (Lipinski definition) is 1. The maximum absolute atomic E-state index is 11.7. The van der Waals surface area contributed by atoms with Crippen molar-refractivity contribution >= 4 is 11.9 Å². The lowest BCUT2D eigenvalue weighted by atomic mass is 9.81. The van der Waals surface area contributed by atoms with Gasteiger partial charge in [-0.15, -0.1) is 0 Å². The summed E-state index contributed by atoms with van der Waals surface area (Å²) in [4.78, 5) is 23.1. The average molecular weight is 271 g/mol. The fourth-order valence-electron chi connectivity index (χ4n) is 1.23. The Morgan fingerprint density at radius 3 is 2.00 bits per heavy atom. The summed E-state index contributed by atoms with van der Waals surface area (Å²) in [5.74, 6) is 0.0593. The third kappa shape index (κ3) is 8.62. The molecule has 0 aromatic rings. The average Bonchev–Trinajstić information content (AvgIpc) is 2.21. The van der Waals surface area contributed by atoms with Gasteiger partial charge < -0.3 is 10.1 Å². The molecule has 0 fully saturated rings. The highest BCUT2D eigenvalue weighted by Crippen LogP contribution is 2.24. The Labute approximate surface area is 117 Å². The van der Waals surface area contributed by atoms with Gasteiger partial charge in [-0.2, -0.15) is 0 Å². The summed E-state index contributed by atoms with van der Waals surface area (Å²) in [6.07, 6.45) is 0.314. The van der Waals surface area contributed by atoms with Gasteiger partial charge in [-0.05, 0) is 32.1 Å². The Balaban J connectivity index is 3.98. The first-order chi connectivity index (χ1) is 8.44. The van der Waals surface area contributed by atoms with Gasteiger partial charge in [0.2, 0.25) is 5.91 Å². The molecule has 0 aliphatic heterocycles. The third-order valence-electron chi connectivity index (χ3n) is 3.28. The van der Waals surface area contributed by atoms with Gasteiger partial charge in [0.15, 0.2) is 0 Å². The van der Waals surface area contributed by atoms with E-state index in [1.54, 1.807) is 0 Å². The number of nitrogens with one attached hydrogen (secondary N) is 1. The van der Waals surface area contributed by atoms with Crippen LogP contribution in [0.3, 0.4) is 0 Å². The fourth-order valence-corrected chi connectivity index (χ4v) is 1.23. The van der Waals surface area contributed by atoms with Gasteiger partial charge >= 0.3 is 5.97 Å². The Morgan fingerprint density at radius 2 is 1.58 bits per heavy atom. The second-order valence-electron chi connectivity index (χ2n) is 7.01. The fraction of sp³-hybridized carbons (Fsp3) is 0.867. The summed E-state index contributed by atoms with van der Waals surface area (Å²) in [6, 6.07) is 0. The zero-order valence-electron chi connectivity index (χ0n) is 13.4. The molecule has 4 nitrogen and oxygen atoms in total. The number of carbonyl (C=O) groups excluding carboxylic acids is 2. The zero-order chi connectivity index (χ0) is 15.3. The molecular formula is C15H29NO3. The van der Waals surface area contributed by atoms with E-state index < -0.39 is 5.60 Å². The van der Waals surface area contributed by atoms with Crippen LogP contribution < -0.4 is 5.32 Å². The highest BCUT2D eigenvalue weighted by Gasteiger charge is 2.23. The molecule has 0 spiro atoms. The van der Waals surface area contributed by atoms with Crippen LogP contribution in [0.25, 0.3) is 0 Å². The number of ether oxygens (including phenoxy) is 1. The van der Waals surface area contributed by atoms with Gasteiger partial charge in [0.25, 0.3) is 0 Å². The molecule has 0 aliphatic carbocycles. The molecular weight excluding hydrogens is 242 g/mol. The summed E-state index contributed by atoms with van der Waals surface area (Å²) in [6.45, 7) is 14.6. The summed E-state index contributed by atoms with van der Waals surface area (Å²) in [7, 11) is 0. The molecule has 0 aromatic carbocycles. The molecule has 0 unspecified atom stereocenters. The third-order valence-corrected chi connectivity index (χ3v) is 3.28. The minimum Gasteiger partial charge on any atom is -0.460 e. The van der Waals surface area contributed by atoms with E-state index in [0.29, 0.717) is 12.5 Å². The monoisotopic (exact) mass is 271 g/mol. The standard InChI is InChI=1S/C15H29NO3/c1-11(2)15(6,7)10-16-12(17)8-9-13(18)19-14(3,4)5/h11H,8-10H2,1-7H3,(H,16,17). The number of rotatable bonds is 6. The van der Waals surface area contributed by atoms with E-state index in [1.165, 1.54) is 0 Å². The van der Waals surface area contributed by atoms with Crippen LogP contribution in [0.15, 0.2) is 0 Å². The van der Waals surface area contributed by atoms with E-state index in [1.807, 2.05) is 20.8 Å². The van der Waals surface area contributed by atoms with Crippen molar-refractivity contribution in [1.82, 2.24) is 5.32 Å². The van der Waals surface area contributed by atoms with Crippen LogP contribution in [0.4, 0.5) is 0 Å². The van der Waals surface area contributed by atoms with Crippen molar-refractivity contribution < 1.29 is 14.3 Å².